The fourth-order valence-electron chi connectivity index (χ4n) is 1.62. The van der Waals surface area contributed by atoms with Gasteiger partial charge in [-0.25, -0.2) is 0 Å². The SMILES string of the molecule is CCn1nccc1C(O)c1coc(C)c1. The normalized spacial score (nSPS) is 13.0. The molecule has 0 radical (unpaired) electrons. The van der Waals surface area contributed by atoms with Gasteiger partial charge in [-0.3, -0.25) is 4.68 Å². The minimum absolute atomic E-state index is 0.662. The van der Waals surface area contributed by atoms with E-state index < -0.39 is 6.10 Å². The molecule has 0 spiro atoms. The molecular weight excluding hydrogens is 192 g/mol. The van der Waals surface area contributed by atoms with Crippen molar-refractivity contribution in [1.29, 1.82) is 0 Å². The molecule has 0 aliphatic rings. The zero-order valence-corrected chi connectivity index (χ0v) is 8.84. The number of hydrogen-bond donors (Lipinski definition) is 1. The van der Waals surface area contributed by atoms with E-state index in [1.54, 1.807) is 17.1 Å². The van der Waals surface area contributed by atoms with Crippen LogP contribution >= 0.6 is 0 Å². The van der Waals surface area contributed by atoms with Crippen LogP contribution in [0, 0.1) is 6.92 Å². The van der Waals surface area contributed by atoms with Crippen molar-refractivity contribution in [3.05, 3.63) is 41.6 Å². The molecule has 80 valence electrons. The largest absolute Gasteiger partial charge is 0.469 e. The molecule has 1 unspecified atom stereocenters. The molecule has 2 rings (SSSR count). The number of hydrogen-bond acceptors (Lipinski definition) is 3. The molecule has 0 saturated heterocycles. The smallest absolute Gasteiger partial charge is 0.124 e. The molecule has 2 aromatic rings. The lowest BCUT2D eigenvalue weighted by atomic mass is 10.1. The highest BCUT2D eigenvalue weighted by Crippen LogP contribution is 2.23. The summed E-state index contributed by atoms with van der Waals surface area (Å²) in [7, 11) is 0. The Morgan fingerprint density at radius 2 is 2.40 bits per heavy atom. The Morgan fingerprint density at radius 3 is 3.00 bits per heavy atom. The summed E-state index contributed by atoms with van der Waals surface area (Å²) in [4.78, 5) is 0. The van der Waals surface area contributed by atoms with Gasteiger partial charge in [-0.1, -0.05) is 0 Å². The van der Waals surface area contributed by atoms with Gasteiger partial charge in [0.25, 0.3) is 0 Å². The van der Waals surface area contributed by atoms with Crippen LogP contribution in [-0.2, 0) is 6.54 Å². The van der Waals surface area contributed by atoms with Crippen LogP contribution in [-0.4, -0.2) is 14.9 Å². The summed E-state index contributed by atoms with van der Waals surface area (Å²) < 4.78 is 6.94. The molecule has 0 fully saturated rings. The van der Waals surface area contributed by atoms with Crippen LogP contribution in [0.1, 0.15) is 30.0 Å². The minimum atomic E-state index is -0.662. The van der Waals surface area contributed by atoms with Gasteiger partial charge in [-0.15, -0.1) is 0 Å². The maximum atomic E-state index is 10.1. The number of rotatable bonds is 3. The van der Waals surface area contributed by atoms with Crippen LogP contribution in [0.15, 0.2) is 29.0 Å². The van der Waals surface area contributed by atoms with Gasteiger partial charge in [0, 0.05) is 18.3 Å². The Kier molecular flexibility index (Phi) is 2.60. The second kappa shape index (κ2) is 3.90. The summed E-state index contributed by atoms with van der Waals surface area (Å²) in [5.74, 6) is 0.798. The molecule has 2 heterocycles. The molecule has 4 heteroatoms. The highest BCUT2D eigenvalue weighted by atomic mass is 16.3. The molecule has 15 heavy (non-hydrogen) atoms. The Bertz CT molecular complexity index is 445. The molecule has 1 atom stereocenters. The van der Waals surface area contributed by atoms with E-state index in [9.17, 15) is 5.11 Å². The van der Waals surface area contributed by atoms with Crippen molar-refractivity contribution in [2.75, 3.05) is 0 Å². The first-order valence-corrected chi connectivity index (χ1v) is 4.97. The highest BCUT2D eigenvalue weighted by molar-refractivity contribution is 5.23. The predicted molar refractivity (Wildman–Crippen MR) is 55.4 cm³/mol. The molecule has 1 N–H and O–H groups in total. The zero-order chi connectivity index (χ0) is 10.8. The third kappa shape index (κ3) is 1.80. The van der Waals surface area contributed by atoms with Gasteiger partial charge in [0.1, 0.15) is 11.9 Å². The fraction of sp³-hybridized carbons (Fsp3) is 0.364. The lowest BCUT2D eigenvalue weighted by Crippen LogP contribution is -2.08. The molecular formula is C11H14N2O2. The van der Waals surface area contributed by atoms with Gasteiger partial charge in [-0.05, 0) is 26.0 Å². The van der Waals surface area contributed by atoms with Crippen LogP contribution in [0.5, 0.6) is 0 Å². The van der Waals surface area contributed by atoms with E-state index >= 15 is 0 Å². The van der Waals surface area contributed by atoms with E-state index in [2.05, 4.69) is 5.10 Å². The number of aliphatic hydroxyl groups is 1. The quantitative estimate of drug-likeness (QED) is 0.834. The van der Waals surface area contributed by atoms with Crippen LogP contribution < -0.4 is 0 Å². The Hall–Kier alpha value is -1.55. The summed E-state index contributed by atoms with van der Waals surface area (Å²) in [5.41, 5.74) is 1.56. The van der Waals surface area contributed by atoms with Crippen molar-refractivity contribution >= 4 is 0 Å². The van der Waals surface area contributed by atoms with Crippen molar-refractivity contribution < 1.29 is 9.52 Å². The predicted octanol–water partition coefficient (Wildman–Crippen LogP) is 1.89. The number of aliphatic hydroxyl groups excluding tert-OH is 1. The van der Waals surface area contributed by atoms with E-state index in [4.69, 9.17) is 4.42 Å². The summed E-state index contributed by atoms with van der Waals surface area (Å²) in [6, 6.07) is 3.65. The highest BCUT2D eigenvalue weighted by Gasteiger charge is 2.16. The van der Waals surface area contributed by atoms with Crippen LogP contribution in [0.4, 0.5) is 0 Å². The lowest BCUT2D eigenvalue weighted by Gasteiger charge is -2.09. The molecule has 0 bridgehead atoms. The monoisotopic (exact) mass is 206 g/mol. The first-order valence-electron chi connectivity index (χ1n) is 4.97. The maximum Gasteiger partial charge on any atom is 0.124 e. The Morgan fingerprint density at radius 1 is 1.60 bits per heavy atom. The zero-order valence-electron chi connectivity index (χ0n) is 8.84. The summed E-state index contributed by atoms with van der Waals surface area (Å²) >= 11 is 0. The number of aryl methyl sites for hydroxylation is 2. The Balaban J connectivity index is 2.31. The van der Waals surface area contributed by atoms with Crippen molar-refractivity contribution in [3.63, 3.8) is 0 Å². The van der Waals surface area contributed by atoms with Gasteiger partial charge < -0.3 is 9.52 Å². The number of nitrogens with zero attached hydrogens (tertiary/aromatic N) is 2. The summed E-state index contributed by atoms with van der Waals surface area (Å²) in [6.07, 6.45) is 2.60. The van der Waals surface area contributed by atoms with Crippen molar-refractivity contribution in [1.82, 2.24) is 9.78 Å². The lowest BCUT2D eigenvalue weighted by molar-refractivity contribution is 0.207. The van der Waals surface area contributed by atoms with Crippen molar-refractivity contribution in [3.8, 4) is 0 Å². The van der Waals surface area contributed by atoms with E-state index in [1.165, 1.54) is 0 Å². The van der Waals surface area contributed by atoms with Crippen molar-refractivity contribution in [2.45, 2.75) is 26.5 Å². The van der Waals surface area contributed by atoms with E-state index in [1.807, 2.05) is 26.0 Å². The van der Waals surface area contributed by atoms with E-state index in [0.717, 1.165) is 23.6 Å². The van der Waals surface area contributed by atoms with Gasteiger partial charge in [0.15, 0.2) is 0 Å². The van der Waals surface area contributed by atoms with E-state index in [-0.39, 0.29) is 0 Å². The molecule has 0 amide bonds. The van der Waals surface area contributed by atoms with Gasteiger partial charge >= 0.3 is 0 Å². The van der Waals surface area contributed by atoms with Gasteiger partial charge in [0.05, 0.1) is 12.0 Å². The molecule has 0 saturated carbocycles. The summed E-state index contributed by atoms with van der Waals surface area (Å²) in [5, 5.41) is 14.2. The van der Waals surface area contributed by atoms with E-state index in [0.29, 0.717) is 0 Å². The fourth-order valence-corrected chi connectivity index (χ4v) is 1.62. The molecule has 2 aromatic heterocycles. The number of aromatic nitrogens is 2. The van der Waals surface area contributed by atoms with Gasteiger partial charge in [-0.2, -0.15) is 5.10 Å². The van der Waals surface area contributed by atoms with Crippen LogP contribution in [0.3, 0.4) is 0 Å². The third-order valence-corrected chi connectivity index (χ3v) is 2.40. The maximum absolute atomic E-state index is 10.1. The second-order valence-corrected chi connectivity index (χ2v) is 3.47. The minimum Gasteiger partial charge on any atom is -0.469 e. The average Bonchev–Trinajstić information content (AvgIpc) is 2.84. The second-order valence-electron chi connectivity index (χ2n) is 3.47. The molecule has 0 aromatic carbocycles. The molecule has 4 nitrogen and oxygen atoms in total. The van der Waals surface area contributed by atoms with Crippen LogP contribution in [0.25, 0.3) is 0 Å². The van der Waals surface area contributed by atoms with Gasteiger partial charge in [0.2, 0.25) is 0 Å². The molecule has 0 aliphatic carbocycles. The first-order chi connectivity index (χ1) is 7.22. The Labute approximate surface area is 88.1 Å². The summed E-state index contributed by atoms with van der Waals surface area (Å²) in [6.45, 7) is 4.59. The third-order valence-electron chi connectivity index (χ3n) is 2.40. The topological polar surface area (TPSA) is 51.2 Å². The average molecular weight is 206 g/mol. The first kappa shape index (κ1) is 9.98. The van der Waals surface area contributed by atoms with Crippen LogP contribution in [0.2, 0.25) is 0 Å². The van der Waals surface area contributed by atoms with Crippen molar-refractivity contribution in [2.24, 2.45) is 0 Å². The number of furan rings is 1. The molecule has 0 aliphatic heterocycles. The standard InChI is InChI=1S/C11H14N2O2/c1-3-13-10(4-5-12-13)11(14)9-6-8(2)15-7-9/h4-7,11,14H,3H2,1-2H3.